The molecule has 0 saturated heterocycles. The van der Waals surface area contributed by atoms with E-state index in [1.807, 2.05) is 17.8 Å². The van der Waals surface area contributed by atoms with Gasteiger partial charge in [0.1, 0.15) is 0 Å². The van der Waals surface area contributed by atoms with Gasteiger partial charge < -0.3 is 9.45 Å². The topological polar surface area (TPSA) is 60.4 Å². The molecule has 0 saturated carbocycles. The average molecular weight is 566 g/mol. The molecule has 1 heterocycles. The molecule has 0 unspecified atom stereocenters. The van der Waals surface area contributed by atoms with Gasteiger partial charge in [-0.15, -0.1) is 23.5 Å². The van der Waals surface area contributed by atoms with Crippen LogP contribution in [0.15, 0.2) is 83.1 Å². The Morgan fingerprint density at radius 3 is 1.94 bits per heavy atom. The fourth-order valence-corrected chi connectivity index (χ4v) is 7.86. The second-order valence-electron chi connectivity index (χ2n) is 8.00. The van der Waals surface area contributed by atoms with Gasteiger partial charge in [-0.05, 0) is 60.6 Å². The molecule has 0 aliphatic carbocycles. The standard InChI is InChI=1S/C27H29NO3S4.Na/c1-32-27(34-19-9-17-33-18-10-20-35(29,30)31)26-22-13-5-7-15-24(22)28(21-11-3-2-4-12-21)25-16-8-6-14-23(25)26;/h2-8,11-16H,9-10,17-20H2,1H3,(H,29,30,31);/q;+1/p-1. The van der Waals surface area contributed by atoms with Gasteiger partial charge in [0, 0.05) is 32.4 Å². The fraction of sp³-hybridized carbons (Fsp3) is 0.259. The van der Waals surface area contributed by atoms with Gasteiger partial charge in [0.05, 0.1) is 21.5 Å². The maximum absolute atomic E-state index is 10.7. The van der Waals surface area contributed by atoms with Gasteiger partial charge in [-0.2, -0.15) is 11.8 Å². The second kappa shape index (κ2) is 14.4. The number of benzene rings is 3. The Morgan fingerprint density at radius 1 is 0.806 bits per heavy atom. The molecular weight excluding hydrogens is 538 g/mol. The van der Waals surface area contributed by atoms with E-state index >= 15 is 0 Å². The first kappa shape index (κ1) is 29.7. The van der Waals surface area contributed by atoms with Crippen LogP contribution in [0.3, 0.4) is 0 Å². The van der Waals surface area contributed by atoms with Crippen LogP contribution in [0.4, 0.5) is 17.1 Å². The molecule has 3 aromatic rings. The predicted molar refractivity (Wildman–Crippen MR) is 154 cm³/mol. The smallest absolute Gasteiger partial charge is 0.748 e. The van der Waals surface area contributed by atoms with Crippen molar-refractivity contribution in [3.63, 3.8) is 0 Å². The molecule has 0 spiro atoms. The van der Waals surface area contributed by atoms with Gasteiger partial charge >= 0.3 is 29.6 Å². The summed E-state index contributed by atoms with van der Waals surface area (Å²) >= 11 is 5.39. The number of hydrogen-bond acceptors (Lipinski definition) is 7. The van der Waals surface area contributed by atoms with Crippen LogP contribution in [-0.4, -0.2) is 42.2 Å². The Morgan fingerprint density at radius 2 is 1.36 bits per heavy atom. The van der Waals surface area contributed by atoms with Crippen LogP contribution >= 0.6 is 35.3 Å². The predicted octanol–water partition coefficient (Wildman–Crippen LogP) is 4.35. The SMILES string of the molecule is CSC(SCCCSCCCS(=O)(=O)[O-])=C1c2ccccc2N(c2ccccc2)c2ccccc21.[Na+]. The van der Waals surface area contributed by atoms with Gasteiger partial charge in [0.15, 0.2) is 0 Å². The van der Waals surface area contributed by atoms with Crippen molar-refractivity contribution in [2.75, 3.05) is 34.2 Å². The third kappa shape index (κ3) is 7.60. The number of fused-ring (bicyclic) bond motifs is 2. The monoisotopic (exact) mass is 565 g/mol. The summed E-state index contributed by atoms with van der Waals surface area (Å²) in [6.45, 7) is 0. The molecule has 4 rings (SSSR count). The maximum atomic E-state index is 10.7. The van der Waals surface area contributed by atoms with E-state index in [2.05, 4.69) is 84.0 Å². The number of anilines is 3. The van der Waals surface area contributed by atoms with Crippen LogP contribution in [0.1, 0.15) is 24.0 Å². The molecule has 4 nitrogen and oxygen atoms in total. The summed E-state index contributed by atoms with van der Waals surface area (Å²) in [4.78, 5) is 2.34. The maximum Gasteiger partial charge on any atom is 1.00 e. The first-order valence-corrected chi connectivity index (χ1v) is 16.4. The molecule has 1 aliphatic heterocycles. The van der Waals surface area contributed by atoms with Crippen LogP contribution in [0.5, 0.6) is 0 Å². The normalized spacial score (nSPS) is 12.5. The van der Waals surface area contributed by atoms with Crippen molar-refractivity contribution in [2.24, 2.45) is 0 Å². The summed E-state index contributed by atoms with van der Waals surface area (Å²) in [5.41, 5.74) is 7.27. The Bertz CT molecular complexity index is 1230. The van der Waals surface area contributed by atoms with Gasteiger partial charge in [-0.3, -0.25) is 0 Å². The Balaban J connectivity index is 0.00000361. The summed E-state index contributed by atoms with van der Waals surface area (Å²) in [5.74, 6) is 2.38. The van der Waals surface area contributed by atoms with Crippen molar-refractivity contribution in [1.82, 2.24) is 0 Å². The van der Waals surface area contributed by atoms with E-state index in [0.29, 0.717) is 12.2 Å². The van der Waals surface area contributed by atoms with E-state index in [1.165, 1.54) is 32.3 Å². The van der Waals surface area contributed by atoms with E-state index < -0.39 is 10.1 Å². The summed E-state index contributed by atoms with van der Waals surface area (Å²) < 4.78 is 33.5. The quantitative estimate of drug-likeness (QED) is 0.152. The van der Waals surface area contributed by atoms with Crippen LogP contribution in [0.25, 0.3) is 5.57 Å². The summed E-state index contributed by atoms with van der Waals surface area (Å²) in [5, 5.41) is 0. The van der Waals surface area contributed by atoms with Gasteiger partial charge in [-0.1, -0.05) is 54.6 Å². The van der Waals surface area contributed by atoms with E-state index in [4.69, 9.17) is 0 Å². The molecule has 36 heavy (non-hydrogen) atoms. The Kier molecular flexibility index (Phi) is 11.8. The fourth-order valence-electron chi connectivity index (χ4n) is 4.11. The summed E-state index contributed by atoms with van der Waals surface area (Å²) in [6.07, 6.45) is 3.59. The van der Waals surface area contributed by atoms with Crippen molar-refractivity contribution in [3.8, 4) is 0 Å². The molecule has 9 heteroatoms. The largest absolute Gasteiger partial charge is 1.00 e. The molecule has 184 valence electrons. The van der Waals surface area contributed by atoms with Gasteiger partial charge in [-0.25, -0.2) is 8.42 Å². The minimum absolute atomic E-state index is 0. The molecule has 0 atom stereocenters. The van der Waals surface area contributed by atoms with Crippen molar-refractivity contribution in [3.05, 3.63) is 94.2 Å². The second-order valence-corrected chi connectivity index (χ2v) is 12.9. The number of rotatable bonds is 11. The minimum Gasteiger partial charge on any atom is -0.748 e. The molecule has 0 fully saturated rings. The molecule has 3 aromatic carbocycles. The van der Waals surface area contributed by atoms with Crippen molar-refractivity contribution < 1.29 is 42.5 Å². The molecule has 0 bridgehead atoms. The molecule has 0 amide bonds. The molecule has 0 aromatic heterocycles. The van der Waals surface area contributed by atoms with Crippen LogP contribution < -0.4 is 34.5 Å². The van der Waals surface area contributed by atoms with Crippen LogP contribution in [0.2, 0.25) is 0 Å². The molecule has 0 N–H and O–H groups in total. The average Bonchev–Trinajstić information content (AvgIpc) is 2.86. The zero-order valence-electron chi connectivity index (χ0n) is 20.6. The third-order valence-electron chi connectivity index (χ3n) is 5.58. The van der Waals surface area contributed by atoms with E-state index in [9.17, 15) is 13.0 Å². The zero-order chi connectivity index (χ0) is 24.7. The summed E-state index contributed by atoms with van der Waals surface area (Å²) in [6, 6.07) is 27.7. The van der Waals surface area contributed by atoms with E-state index in [1.54, 1.807) is 23.5 Å². The molecular formula is C27H28NNaO3S4. The van der Waals surface area contributed by atoms with Gasteiger partial charge in [0.2, 0.25) is 0 Å². The van der Waals surface area contributed by atoms with Crippen molar-refractivity contribution >= 4 is 68.0 Å². The summed E-state index contributed by atoms with van der Waals surface area (Å²) in [7, 11) is -4.10. The first-order chi connectivity index (χ1) is 17.0. The Labute approximate surface area is 249 Å². The third-order valence-corrected chi connectivity index (χ3v) is 9.91. The van der Waals surface area contributed by atoms with Crippen LogP contribution in [-0.2, 0) is 10.1 Å². The van der Waals surface area contributed by atoms with Crippen LogP contribution in [0, 0.1) is 0 Å². The van der Waals surface area contributed by atoms with E-state index in [0.717, 1.165) is 23.6 Å². The minimum atomic E-state index is -4.10. The van der Waals surface area contributed by atoms with Crippen molar-refractivity contribution in [2.45, 2.75) is 12.8 Å². The molecule has 1 aliphatic rings. The number of thioether (sulfide) groups is 3. The van der Waals surface area contributed by atoms with Gasteiger partial charge in [0.25, 0.3) is 0 Å². The number of para-hydroxylation sites is 3. The number of hydrogen-bond donors (Lipinski definition) is 0. The Hall–Kier alpha value is -0.840. The first-order valence-electron chi connectivity index (χ1n) is 11.5. The van der Waals surface area contributed by atoms with Crippen molar-refractivity contribution in [1.29, 1.82) is 0 Å². The molecule has 0 radical (unpaired) electrons. The van der Waals surface area contributed by atoms with E-state index in [-0.39, 0.29) is 35.3 Å². The number of nitrogens with zero attached hydrogens (tertiary/aromatic N) is 1. The zero-order valence-corrected chi connectivity index (χ0v) is 25.8.